The van der Waals surface area contributed by atoms with Gasteiger partial charge in [-0.15, -0.1) is 11.3 Å². The van der Waals surface area contributed by atoms with E-state index in [-0.39, 0.29) is 5.41 Å². The topological polar surface area (TPSA) is 25.8 Å². The minimum absolute atomic E-state index is 0.246. The first-order chi connectivity index (χ1) is 12.3. The van der Waals surface area contributed by atoms with Crippen molar-refractivity contribution in [1.82, 2.24) is 9.97 Å². The zero-order valence-electron chi connectivity index (χ0n) is 16.1. The highest BCUT2D eigenvalue weighted by Gasteiger charge is 2.16. The summed E-state index contributed by atoms with van der Waals surface area (Å²) in [7, 11) is 0. The van der Waals surface area contributed by atoms with Crippen molar-refractivity contribution >= 4 is 32.3 Å². The van der Waals surface area contributed by atoms with Crippen LogP contribution in [0.25, 0.3) is 32.2 Å². The normalized spacial score (nSPS) is 12.2. The molecule has 2 aromatic heterocycles. The van der Waals surface area contributed by atoms with Crippen molar-refractivity contribution in [3.05, 3.63) is 58.7 Å². The first-order valence-corrected chi connectivity index (χ1v) is 9.88. The van der Waals surface area contributed by atoms with Gasteiger partial charge in [-0.3, -0.25) is 4.98 Å². The van der Waals surface area contributed by atoms with Gasteiger partial charge >= 0.3 is 0 Å². The van der Waals surface area contributed by atoms with Gasteiger partial charge in [0.05, 0.1) is 20.9 Å². The van der Waals surface area contributed by atoms with Gasteiger partial charge in [-0.25, -0.2) is 4.98 Å². The lowest BCUT2D eigenvalue weighted by atomic mass is 9.93. The Bertz CT molecular complexity index is 1100. The van der Waals surface area contributed by atoms with Gasteiger partial charge in [0.15, 0.2) is 0 Å². The molecule has 0 aliphatic rings. The molecule has 0 atom stereocenters. The van der Waals surface area contributed by atoms with E-state index in [4.69, 9.17) is 9.97 Å². The van der Waals surface area contributed by atoms with Crippen LogP contribution in [0.3, 0.4) is 0 Å². The van der Waals surface area contributed by atoms with Crippen molar-refractivity contribution in [2.45, 2.75) is 41.0 Å². The summed E-state index contributed by atoms with van der Waals surface area (Å²) >= 11 is 1.82. The lowest BCUT2D eigenvalue weighted by molar-refractivity contribution is 0.411. The largest absolute Gasteiger partial charge is 0.256 e. The van der Waals surface area contributed by atoms with E-state index in [2.05, 4.69) is 71.0 Å². The summed E-state index contributed by atoms with van der Waals surface area (Å²) in [5.41, 5.74) is 6.12. The highest BCUT2D eigenvalue weighted by atomic mass is 32.1. The molecule has 2 heterocycles. The van der Waals surface area contributed by atoms with Crippen LogP contribution in [0.4, 0.5) is 0 Å². The molecule has 0 radical (unpaired) electrons. The Labute approximate surface area is 158 Å². The monoisotopic (exact) mass is 360 g/mol. The molecule has 0 aliphatic heterocycles. The third kappa shape index (κ3) is 3.24. The van der Waals surface area contributed by atoms with E-state index in [0.29, 0.717) is 0 Å². The minimum Gasteiger partial charge on any atom is -0.256 e. The zero-order chi connectivity index (χ0) is 18.5. The third-order valence-corrected chi connectivity index (χ3v) is 5.62. The summed E-state index contributed by atoms with van der Waals surface area (Å²) in [6, 6.07) is 13.1. The standard InChI is InChI=1S/C23H24N2S/c1-14-10-15(2)12-16(11-14)21-17-6-7-19-22(18(17)8-9-24-21)26-20(25-19)13-23(3,4)5/h6-12H,13H2,1-5H3. The number of nitrogens with zero attached hydrogens (tertiary/aromatic N) is 2. The van der Waals surface area contributed by atoms with Gasteiger partial charge in [-0.1, -0.05) is 38.0 Å². The average Bonchev–Trinajstić information content (AvgIpc) is 2.94. The number of aryl methyl sites for hydroxylation is 2. The predicted molar refractivity (Wildman–Crippen MR) is 113 cm³/mol. The number of thiazole rings is 1. The van der Waals surface area contributed by atoms with Gasteiger partial charge in [0.2, 0.25) is 0 Å². The second-order valence-electron chi connectivity index (χ2n) is 8.39. The van der Waals surface area contributed by atoms with Crippen LogP contribution in [0.1, 0.15) is 36.9 Å². The van der Waals surface area contributed by atoms with Crippen LogP contribution >= 0.6 is 11.3 Å². The summed E-state index contributed by atoms with van der Waals surface area (Å²) in [5, 5.41) is 3.67. The second kappa shape index (κ2) is 6.17. The van der Waals surface area contributed by atoms with Crippen LogP contribution in [0, 0.1) is 19.3 Å². The van der Waals surface area contributed by atoms with E-state index in [1.807, 2.05) is 17.5 Å². The summed E-state index contributed by atoms with van der Waals surface area (Å²) in [5.74, 6) is 0. The Morgan fingerprint density at radius 1 is 0.923 bits per heavy atom. The van der Waals surface area contributed by atoms with E-state index in [1.165, 1.54) is 37.2 Å². The van der Waals surface area contributed by atoms with Crippen LogP contribution in [0.15, 0.2) is 42.6 Å². The number of benzene rings is 2. The van der Waals surface area contributed by atoms with Crippen LogP contribution < -0.4 is 0 Å². The van der Waals surface area contributed by atoms with Gasteiger partial charge in [0.25, 0.3) is 0 Å². The minimum atomic E-state index is 0.246. The molecule has 4 rings (SSSR count). The second-order valence-corrected chi connectivity index (χ2v) is 9.47. The van der Waals surface area contributed by atoms with Crippen molar-refractivity contribution in [2.75, 3.05) is 0 Å². The number of hydrogen-bond acceptors (Lipinski definition) is 3. The Kier molecular flexibility index (Phi) is 4.07. The van der Waals surface area contributed by atoms with Crippen LogP contribution in [-0.2, 0) is 6.42 Å². The van der Waals surface area contributed by atoms with Gasteiger partial charge in [-0.05, 0) is 49.6 Å². The molecular weight excluding hydrogens is 336 g/mol. The molecule has 2 aromatic carbocycles. The summed E-state index contributed by atoms with van der Waals surface area (Å²) in [6.45, 7) is 11.1. The van der Waals surface area contributed by atoms with Crippen LogP contribution in [0.2, 0.25) is 0 Å². The first kappa shape index (κ1) is 17.2. The van der Waals surface area contributed by atoms with Gasteiger partial charge in [0, 0.05) is 29.0 Å². The molecule has 0 unspecified atom stereocenters. The van der Waals surface area contributed by atoms with E-state index in [1.54, 1.807) is 0 Å². The van der Waals surface area contributed by atoms with Crippen molar-refractivity contribution in [3.8, 4) is 11.3 Å². The Morgan fingerprint density at radius 3 is 2.35 bits per heavy atom. The highest BCUT2D eigenvalue weighted by molar-refractivity contribution is 7.19. The maximum absolute atomic E-state index is 4.88. The maximum Gasteiger partial charge on any atom is 0.0944 e. The quantitative estimate of drug-likeness (QED) is 0.397. The highest BCUT2D eigenvalue weighted by Crippen LogP contribution is 2.36. The van der Waals surface area contributed by atoms with Crippen molar-refractivity contribution < 1.29 is 0 Å². The van der Waals surface area contributed by atoms with Crippen molar-refractivity contribution in [2.24, 2.45) is 5.41 Å². The molecule has 4 aromatic rings. The maximum atomic E-state index is 4.88. The number of rotatable bonds is 2. The van der Waals surface area contributed by atoms with Crippen LogP contribution in [-0.4, -0.2) is 9.97 Å². The molecule has 2 nitrogen and oxygen atoms in total. The summed E-state index contributed by atoms with van der Waals surface area (Å²) in [4.78, 5) is 9.59. The van der Waals surface area contributed by atoms with E-state index < -0.39 is 0 Å². The SMILES string of the molecule is Cc1cc(C)cc(-c2nccc3c2ccc2nc(CC(C)(C)C)sc23)c1. The number of pyridine rings is 1. The Balaban J connectivity index is 1.93. The van der Waals surface area contributed by atoms with Gasteiger partial charge in [0.1, 0.15) is 0 Å². The fourth-order valence-electron chi connectivity index (χ4n) is 3.56. The van der Waals surface area contributed by atoms with Crippen LogP contribution in [0.5, 0.6) is 0 Å². The van der Waals surface area contributed by atoms with E-state index in [0.717, 1.165) is 17.6 Å². The molecule has 0 saturated carbocycles. The predicted octanol–water partition coefficient (Wildman–Crippen LogP) is 6.72. The smallest absolute Gasteiger partial charge is 0.0944 e. The lowest BCUT2D eigenvalue weighted by Crippen LogP contribution is -2.08. The number of aromatic nitrogens is 2. The fourth-order valence-corrected chi connectivity index (χ4v) is 4.95. The molecule has 0 aliphatic carbocycles. The summed E-state index contributed by atoms with van der Waals surface area (Å²) in [6.07, 6.45) is 2.93. The number of fused-ring (bicyclic) bond motifs is 3. The molecule has 26 heavy (non-hydrogen) atoms. The Hall–Kier alpha value is -2.26. The molecule has 0 fully saturated rings. The molecule has 0 N–H and O–H groups in total. The van der Waals surface area contributed by atoms with Gasteiger partial charge < -0.3 is 0 Å². The summed E-state index contributed by atoms with van der Waals surface area (Å²) < 4.78 is 1.27. The fraction of sp³-hybridized carbons (Fsp3) is 0.304. The molecule has 0 spiro atoms. The molecule has 0 bridgehead atoms. The first-order valence-electron chi connectivity index (χ1n) is 9.06. The molecule has 132 valence electrons. The van der Waals surface area contributed by atoms with E-state index >= 15 is 0 Å². The molecule has 0 amide bonds. The lowest BCUT2D eigenvalue weighted by Gasteiger charge is -2.15. The zero-order valence-corrected chi connectivity index (χ0v) is 16.9. The molecular formula is C23H24N2S. The average molecular weight is 361 g/mol. The third-order valence-electron chi connectivity index (χ3n) is 4.52. The van der Waals surface area contributed by atoms with E-state index in [9.17, 15) is 0 Å². The van der Waals surface area contributed by atoms with Crippen molar-refractivity contribution in [1.29, 1.82) is 0 Å². The van der Waals surface area contributed by atoms with Gasteiger partial charge in [-0.2, -0.15) is 0 Å². The molecule has 0 saturated heterocycles. The molecule has 3 heteroatoms. The Morgan fingerprint density at radius 2 is 1.65 bits per heavy atom. The number of hydrogen-bond donors (Lipinski definition) is 0. The van der Waals surface area contributed by atoms with Crippen molar-refractivity contribution in [3.63, 3.8) is 0 Å².